The summed E-state index contributed by atoms with van der Waals surface area (Å²) in [5.41, 5.74) is 0.592. The SMILES string of the molecule is Cc1ccc([C@@H](C)NC(=O)N(C[C@H](O)c2ccc(F)cc2)C2CC2)o1. The van der Waals surface area contributed by atoms with Crippen LogP contribution in [0.1, 0.15) is 49.0 Å². The quantitative estimate of drug-likeness (QED) is 0.838. The second kappa shape index (κ2) is 7.27. The number of benzene rings is 1. The Bertz CT molecular complexity index is 725. The van der Waals surface area contributed by atoms with E-state index in [-0.39, 0.29) is 30.5 Å². The molecule has 1 aromatic carbocycles. The summed E-state index contributed by atoms with van der Waals surface area (Å²) in [6.07, 6.45) is 1.00. The van der Waals surface area contributed by atoms with Crippen molar-refractivity contribution in [2.45, 2.75) is 44.9 Å². The van der Waals surface area contributed by atoms with Crippen molar-refractivity contribution in [3.05, 3.63) is 59.3 Å². The third-order valence-electron chi connectivity index (χ3n) is 4.40. The van der Waals surface area contributed by atoms with E-state index in [0.717, 1.165) is 18.6 Å². The first-order valence-corrected chi connectivity index (χ1v) is 8.51. The van der Waals surface area contributed by atoms with E-state index in [1.807, 2.05) is 26.0 Å². The first-order chi connectivity index (χ1) is 11.9. The molecule has 1 saturated carbocycles. The fourth-order valence-corrected chi connectivity index (χ4v) is 2.79. The Hall–Kier alpha value is -2.34. The van der Waals surface area contributed by atoms with Crippen molar-refractivity contribution in [3.63, 3.8) is 0 Å². The number of carbonyl (C=O) groups is 1. The Balaban J connectivity index is 1.64. The molecule has 6 heteroatoms. The molecule has 0 aliphatic heterocycles. The number of amides is 2. The molecule has 0 spiro atoms. The molecule has 0 radical (unpaired) electrons. The Labute approximate surface area is 146 Å². The van der Waals surface area contributed by atoms with E-state index in [1.165, 1.54) is 24.3 Å². The maximum Gasteiger partial charge on any atom is 0.318 e. The van der Waals surface area contributed by atoms with Crippen LogP contribution in [0.2, 0.25) is 0 Å². The lowest BCUT2D eigenvalue weighted by molar-refractivity contribution is 0.116. The summed E-state index contributed by atoms with van der Waals surface area (Å²) in [6, 6.07) is 9.04. The van der Waals surface area contributed by atoms with E-state index in [0.29, 0.717) is 11.3 Å². The molecule has 2 N–H and O–H groups in total. The summed E-state index contributed by atoms with van der Waals surface area (Å²) in [5.74, 6) is 1.14. The predicted octanol–water partition coefficient (Wildman–Crippen LogP) is 3.70. The van der Waals surface area contributed by atoms with Gasteiger partial charge in [0.25, 0.3) is 0 Å². The van der Waals surface area contributed by atoms with Crippen molar-refractivity contribution in [3.8, 4) is 0 Å². The molecule has 1 aliphatic rings. The van der Waals surface area contributed by atoms with Crippen LogP contribution < -0.4 is 5.32 Å². The van der Waals surface area contributed by atoms with Crippen LogP contribution in [0.15, 0.2) is 40.8 Å². The zero-order chi connectivity index (χ0) is 18.0. The van der Waals surface area contributed by atoms with Crippen LogP contribution in [0, 0.1) is 12.7 Å². The van der Waals surface area contributed by atoms with E-state index in [9.17, 15) is 14.3 Å². The predicted molar refractivity (Wildman–Crippen MR) is 91.5 cm³/mol. The van der Waals surface area contributed by atoms with Crippen LogP contribution in [0.4, 0.5) is 9.18 Å². The average Bonchev–Trinajstić information content (AvgIpc) is 3.33. The zero-order valence-corrected chi connectivity index (χ0v) is 14.4. The van der Waals surface area contributed by atoms with Crippen molar-refractivity contribution < 1.29 is 18.7 Å². The molecule has 0 unspecified atom stereocenters. The number of urea groups is 1. The highest BCUT2D eigenvalue weighted by Crippen LogP contribution is 2.29. The molecule has 25 heavy (non-hydrogen) atoms. The number of furan rings is 1. The van der Waals surface area contributed by atoms with E-state index >= 15 is 0 Å². The monoisotopic (exact) mass is 346 g/mol. The molecule has 1 aliphatic carbocycles. The van der Waals surface area contributed by atoms with Crippen molar-refractivity contribution in [1.82, 2.24) is 10.2 Å². The third-order valence-corrected chi connectivity index (χ3v) is 4.40. The van der Waals surface area contributed by atoms with E-state index in [4.69, 9.17) is 4.42 Å². The number of aryl methyl sites for hydroxylation is 1. The largest absolute Gasteiger partial charge is 0.464 e. The maximum absolute atomic E-state index is 13.0. The number of nitrogens with one attached hydrogen (secondary N) is 1. The number of hydrogen-bond acceptors (Lipinski definition) is 3. The van der Waals surface area contributed by atoms with Crippen LogP contribution >= 0.6 is 0 Å². The van der Waals surface area contributed by atoms with Crippen molar-refractivity contribution >= 4 is 6.03 Å². The summed E-state index contributed by atoms with van der Waals surface area (Å²) >= 11 is 0. The van der Waals surface area contributed by atoms with Crippen LogP contribution in [-0.4, -0.2) is 28.6 Å². The third kappa shape index (κ3) is 4.39. The Morgan fingerprint density at radius 3 is 2.56 bits per heavy atom. The molecule has 2 amide bonds. The average molecular weight is 346 g/mol. The molecule has 134 valence electrons. The minimum absolute atomic E-state index is 0.139. The van der Waals surface area contributed by atoms with Gasteiger partial charge in [0.15, 0.2) is 0 Å². The molecule has 5 nitrogen and oxygen atoms in total. The van der Waals surface area contributed by atoms with Crippen molar-refractivity contribution in [2.24, 2.45) is 0 Å². The molecule has 2 aromatic rings. The highest BCUT2D eigenvalue weighted by molar-refractivity contribution is 5.75. The lowest BCUT2D eigenvalue weighted by Gasteiger charge is -2.27. The number of halogens is 1. The van der Waals surface area contributed by atoms with Crippen LogP contribution in [0.3, 0.4) is 0 Å². The van der Waals surface area contributed by atoms with E-state index in [2.05, 4.69) is 5.32 Å². The van der Waals surface area contributed by atoms with Gasteiger partial charge in [0.2, 0.25) is 0 Å². The van der Waals surface area contributed by atoms with Crippen LogP contribution in [0.5, 0.6) is 0 Å². The fourth-order valence-electron chi connectivity index (χ4n) is 2.79. The normalized spacial score (nSPS) is 16.3. The maximum atomic E-state index is 13.0. The second-order valence-corrected chi connectivity index (χ2v) is 6.57. The summed E-state index contributed by atoms with van der Waals surface area (Å²) in [7, 11) is 0. The topological polar surface area (TPSA) is 65.7 Å². The second-order valence-electron chi connectivity index (χ2n) is 6.57. The van der Waals surface area contributed by atoms with Gasteiger partial charge >= 0.3 is 6.03 Å². The van der Waals surface area contributed by atoms with Gasteiger partial charge < -0.3 is 19.7 Å². The lowest BCUT2D eigenvalue weighted by Crippen LogP contribution is -2.44. The minimum atomic E-state index is -0.854. The number of rotatable bonds is 6. The first-order valence-electron chi connectivity index (χ1n) is 8.51. The smallest absolute Gasteiger partial charge is 0.318 e. The molecule has 1 heterocycles. The van der Waals surface area contributed by atoms with E-state index in [1.54, 1.807) is 4.90 Å². The van der Waals surface area contributed by atoms with Gasteiger partial charge in [0, 0.05) is 6.04 Å². The molecule has 0 bridgehead atoms. The van der Waals surface area contributed by atoms with Gasteiger partial charge in [0.05, 0.1) is 18.7 Å². The Morgan fingerprint density at radius 2 is 2.00 bits per heavy atom. The highest BCUT2D eigenvalue weighted by atomic mass is 19.1. The first kappa shape index (κ1) is 17.5. The number of nitrogens with zero attached hydrogens (tertiary/aromatic N) is 1. The number of aliphatic hydroxyl groups is 1. The van der Waals surface area contributed by atoms with Gasteiger partial charge in [-0.3, -0.25) is 0 Å². The molecular formula is C19H23FN2O3. The van der Waals surface area contributed by atoms with Gasteiger partial charge in [-0.15, -0.1) is 0 Å². The lowest BCUT2D eigenvalue weighted by atomic mass is 10.1. The van der Waals surface area contributed by atoms with Gasteiger partial charge in [0.1, 0.15) is 17.3 Å². The fraction of sp³-hybridized carbons (Fsp3) is 0.421. The zero-order valence-electron chi connectivity index (χ0n) is 14.4. The summed E-state index contributed by atoms with van der Waals surface area (Å²) in [5, 5.41) is 13.3. The molecule has 3 rings (SSSR count). The minimum Gasteiger partial charge on any atom is -0.464 e. The summed E-state index contributed by atoms with van der Waals surface area (Å²) in [6.45, 7) is 3.89. The van der Waals surface area contributed by atoms with Crippen LogP contribution in [-0.2, 0) is 0 Å². The van der Waals surface area contributed by atoms with Gasteiger partial charge in [-0.25, -0.2) is 9.18 Å². The number of carbonyl (C=O) groups excluding carboxylic acids is 1. The van der Waals surface area contributed by atoms with Crippen molar-refractivity contribution in [2.75, 3.05) is 6.54 Å². The van der Waals surface area contributed by atoms with Gasteiger partial charge in [-0.05, 0) is 56.5 Å². The Kier molecular flexibility index (Phi) is 5.08. The van der Waals surface area contributed by atoms with Gasteiger partial charge in [-0.1, -0.05) is 12.1 Å². The number of aliphatic hydroxyl groups excluding tert-OH is 1. The summed E-state index contributed by atoms with van der Waals surface area (Å²) < 4.78 is 18.6. The van der Waals surface area contributed by atoms with E-state index < -0.39 is 6.10 Å². The Morgan fingerprint density at radius 1 is 1.32 bits per heavy atom. The standard InChI is InChI=1S/C19H23FN2O3/c1-12-3-10-18(25-12)13(2)21-19(24)22(16-8-9-16)11-17(23)14-4-6-15(20)7-5-14/h3-7,10,13,16-17,23H,8-9,11H2,1-2H3,(H,21,24)/t13-,17+/m1/s1. The van der Waals surface area contributed by atoms with Crippen LogP contribution in [0.25, 0.3) is 0 Å². The molecule has 2 atom stereocenters. The molecule has 1 fully saturated rings. The molecule has 1 aromatic heterocycles. The summed E-state index contributed by atoms with van der Waals surface area (Å²) in [4.78, 5) is 14.3. The molecular weight excluding hydrogens is 323 g/mol. The number of hydrogen-bond donors (Lipinski definition) is 2. The highest BCUT2D eigenvalue weighted by Gasteiger charge is 2.34. The van der Waals surface area contributed by atoms with Crippen molar-refractivity contribution in [1.29, 1.82) is 0 Å². The van der Waals surface area contributed by atoms with Gasteiger partial charge in [-0.2, -0.15) is 0 Å². The molecule has 0 saturated heterocycles.